The zero-order chi connectivity index (χ0) is 34.5. The van der Waals surface area contributed by atoms with Gasteiger partial charge in [-0.05, 0) is 84.2 Å². The second kappa shape index (κ2) is 16.6. The fourth-order valence-corrected chi connectivity index (χ4v) is 6.82. The molecule has 6 rings (SSSR count). The first-order valence-electron chi connectivity index (χ1n) is 17.5. The average molecular weight is 834 g/mol. The van der Waals surface area contributed by atoms with E-state index in [9.17, 15) is 9.90 Å². The van der Waals surface area contributed by atoms with Crippen LogP contribution in [0.15, 0.2) is 83.1 Å². The van der Waals surface area contributed by atoms with Crippen LogP contribution in [-0.4, -0.2) is 15.9 Å². The van der Waals surface area contributed by atoms with Gasteiger partial charge in [-0.1, -0.05) is 84.2 Å². The number of pyridine rings is 2. The van der Waals surface area contributed by atoms with Crippen molar-refractivity contribution < 1.29 is 39.0 Å². The van der Waals surface area contributed by atoms with Gasteiger partial charge in [0.25, 0.3) is 0 Å². The van der Waals surface area contributed by atoms with Crippen molar-refractivity contribution in [3.05, 3.63) is 103 Å². The molecule has 0 spiro atoms. The summed E-state index contributed by atoms with van der Waals surface area (Å²) in [5, 5.41) is 15.6. The van der Waals surface area contributed by atoms with Crippen LogP contribution in [-0.2, 0) is 31.3 Å². The van der Waals surface area contributed by atoms with Crippen molar-refractivity contribution in [1.29, 1.82) is 0 Å². The number of carbonyl (C=O) groups excluding carboxylic acids is 1. The molecule has 3 heterocycles. The Morgan fingerprint density at radius 1 is 0.939 bits per heavy atom. The van der Waals surface area contributed by atoms with Crippen molar-refractivity contribution in [3.8, 4) is 11.3 Å². The van der Waals surface area contributed by atoms with Crippen LogP contribution < -0.4 is 4.57 Å². The third-order valence-corrected chi connectivity index (χ3v) is 9.50. The summed E-state index contributed by atoms with van der Waals surface area (Å²) < 4.78 is 8.31. The van der Waals surface area contributed by atoms with E-state index < -0.39 is 0 Å². The molecule has 6 aromatic rings. The molecule has 0 saturated carbocycles. The van der Waals surface area contributed by atoms with Crippen LogP contribution in [0.1, 0.15) is 78.4 Å². The minimum atomic E-state index is 0. The summed E-state index contributed by atoms with van der Waals surface area (Å²) >= 11 is 0. The van der Waals surface area contributed by atoms with E-state index in [4.69, 9.17) is 4.42 Å². The largest absolute Gasteiger partial charge is 0.512 e. The normalized spacial score (nSPS) is 11.9. The number of aliphatic hydroxyl groups excluding tert-OH is 1. The first kappa shape index (κ1) is 37.8. The van der Waals surface area contributed by atoms with Crippen molar-refractivity contribution >= 4 is 49.5 Å². The van der Waals surface area contributed by atoms with Gasteiger partial charge in [0, 0.05) is 62.0 Å². The van der Waals surface area contributed by atoms with E-state index in [-0.39, 0.29) is 43.5 Å². The number of ketones is 1. The molecule has 0 unspecified atom stereocenters. The zero-order valence-corrected chi connectivity index (χ0v) is 32.3. The number of carbonyl (C=O) groups is 1. The molecule has 259 valence electrons. The van der Waals surface area contributed by atoms with Crippen molar-refractivity contribution in [2.45, 2.75) is 80.6 Å². The zero-order valence-electron chi connectivity index (χ0n) is 29.9. The minimum Gasteiger partial charge on any atom is -0.512 e. The number of fused-ring (bicyclic) bond motifs is 6. The summed E-state index contributed by atoms with van der Waals surface area (Å²) in [6.07, 6.45) is 7.66. The first-order valence-corrected chi connectivity index (χ1v) is 17.5. The number of hydrogen-bond acceptors (Lipinski definition) is 4. The predicted molar refractivity (Wildman–Crippen MR) is 199 cm³/mol. The molecule has 3 aromatic heterocycles. The molecule has 1 radical (unpaired) electrons. The third kappa shape index (κ3) is 7.92. The molecule has 0 aliphatic rings. The number of aliphatic hydroxyl groups is 1. The Labute approximate surface area is 304 Å². The van der Waals surface area contributed by atoms with Gasteiger partial charge in [-0.3, -0.25) is 4.79 Å². The number of hydrogen-bond donors (Lipinski definition) is 1. The Morgan fingerprint density at radius 3 is 2.29 bits per heavy atom. The first-order chi connectivity index (χ1) is 23.1. The Balaban J connectivity index is 0.000000290. The van der Waals surface area contributed by atoms with Crippen LogP contribution in [0, 0.1) is 37.8 Å². The van der Waals surface area contributed by atoms with E-state index in [2.05, 4.69) is 93.5 Å². The van der Waals surface area contributed by atoms with Gasteiger partial charge in [0.15, 0.2) is 5.78 Å². The van der Waals surface area contributed by atoms with Gasteiger partial charge in [0.1, 0.15) is 11.2 Å². The SMILES string of the molecule is CCC(CC)C(=O)/C=C(\O)C(CC)CC.[CH2-][n+]1c(-c2[c-]c(C)cc3c2oc2ncccc23)cc(CC(C)C)c2c3ccccc3ccc21.[Ir]. The van der Waals surface area contributed by atoms with Crippen LogP contribution >= 0.6 is 0 Å². The van der Waals surface area contributed by atoms with Gasteiger partial charge in [-0.15, -0.1) is 17.7 Å². The Hall–Kier alpha value is -3.99. The van der Waals surface area contributed by atoms with Crippen molar-refractivity contribution in [3.63, 3.8) is 0 Å². The van der Waals surface area contributed by atoms with Crippen molar-refractivity contribution in [1.82, 2.24) is 4.98 Å². The summed E-state index contributed by atoms with van der Waals surface area (Å²) in [7, 11) is 4.48. The fraction of sp³-hybridized carbons (Fsp3) is 0.349. The Bertz CT molecular complexity index is 2100. The summed E-state index contributed by atoms with van der Waals surface area (Å²) in [4.78, 5) is 16.2. The van der Waals surface area contributed by atoms with Gasteiger partial charge < -0.3 is 14.1 Å². The molecule has 1 N–H and O–H groups in total. The van der Waals surface area contributed by atoms with Gasteiger partial charge in [-0.2, -0.15) is 0 Å². The average Bonchev–Trinajstić information content (AvgIpc) is 3.45. The van der Waals surface area contributed by atoms with Gasteiger partial charge in [-0.25, -0.2) is 4.98 Å². The van der Waals surface area contributed by atoms with Crippen LogP contribution in [0.2, 0.25) is 0 Å². The topological polar surface area (TPSA) is 67.2 Å². The molecule has 0 atom stereocenters. The second-order valence-corrected chi connectivity index (χ2v) is 13.3. The number of rotatable bonds is 10. The molecule has 3 aromatic carbocycles. The molecular weight excluding hydrogens is 785 g/mol. The number of aryl methyl sites for hydroxylation is 1. The van der Waals surface area contributed by atoms with Crippen molar-refractivity contribution in [2.75, 3.05) is 0 Å². The van der Waals surface area contributed by atoms with E-state index in [1.165, 1.54) is 27.8 Å². The maximum absolute atomic E-state index is 11.7. The monoisotopic (exact) mass is 834 g/mol. The van der Waals surface area contributed by atoms with E-state index in [0.717, 1.165) is 70.8 Å². The maximum atomic E-state index is 11.7. The molecule has 0 fully saturated rings. The number of furan rings is 1. The Kier molecular flexibility index (Phi) is 12.8. The van der Waals surface area contributed by atoms with Crippen molar-refractivity contribution in [2.24, 2.45) is 17.8 Å². The summed E-state index contributed by atoms with van der Waals surface area (Å²) in [6, 6.07) is 25.0. The number of allylic oxidation sites excluding steroid dienone is 2. The fourth-order valence-electron chi connectivity index (χ4n) is 6.82. The summed E-state index contributed by atoms with van der Waals surface area (Å²) in [6.45, 7) is 14.7. The molecular formula is C43H49IrN2O3-. The molecule has 6 heteroatoms. The summed E-state index contributed by atoms with van der Waals surface area (Å²) in [5.41, 5.74) is 6.88. The van der Waals surface area contributed by atoms with Gasteiger partial charge in [0.05, 0.1) is 11.3 Å². The molecule has 0 amide bonds. The molecule has 49 heavy (non-hydrogen) atoms. The third-order valence-electron chi connectivity index (χ3n) is 9.50. The molecule has 5 nitrogen and oxygen atoms in total. The van der Waals surface area contributed by atoms with Gasteiger partial charge in [0.2, 0.25) is 5.71 Å². The quantitative estimate of drug-likeness (QED) is 0.0491. The Morgan fingerprint density at radius 2 is 1.61 bits per heavy atom. The van der Waals surface area contributed by atoms with Crippen LogP contribution in [0.25, 0.3) is 55.0 Å². The predicted octanol–water partition coefficient (Wildman–Crippen LogP) is 11.1. The number of benzene rings is 3. The molecule has 0 aliphatic carbocycles. The van der Waals surface area contributed by atoms with Crippen LogP contribution in [0.4, 0.5) is 0 Å². The molecule has 0 bridgehead atoms. The van der Waals surface area contributed by atoms with Gasteiger partial charge >= 0.3 is 0 Å². The minimum absolute atomic E-state index is 0. The van der Waals surface area contributed by atoms with Crippen LogP contribution in [0.3, 0.4) is 0 Å². The molecule has 0 saturated heterocycles. The number of nitrogens with zero attached hydrogens (tertiary/aromatic N) is 2. The molecule has 0 aliphatic heterocycles. The standard InChI is InChI=1S/C30H25N2O.C13H24O2.Ir/c1-18(2)14-21-17-27(32(4)26-12-11-20-8-5-6-9-22(20)28(21)26)25-16-19(3)15-24-23-10-7-13-31-30(23)33-29(24)25;1-5-10(6-2)12(14)9-13(15)11(7-3)8-4;/h5-13,15,17-18H,4,14H2,1-3H3;9-11,14H,5-8H2,1-4H3;/q-1;;/b;12-9-;. The van der Waals surface area contributed by atoms with Crippen LogP contribution in [0.5, 0.6) is 0 Å². The summed E-state index contributed by atoms with van der Waals surface area (Å²) in [5.74, 6) is 1.07. The smallest absolute Gasteiger partial charge is 0.216 e. The van der Waals surface area contributed by atoms with E-state index in [1.54, 1.807) is 6.20 Å². The second-order valence-electron chi connectivity index (χ2n) is 13.3. The van der Waals surface area contributed by atoms with E-state index >= 15 is 0 Å². The van der Waals surface area contributed by atoms with E-state index in [1.807, 2.05) is 38.3 Å². The van der Waals surface area contributed by atoms with E-state index in [0.29, 0.717) is 11.6 Å². The maximum Gasteiger partial charge on any atom is 0.216 e. The number of aromatic nitrogens is 2.